The molecule has 6 heteroatoms. The van der Waals surface area contributed by atoms with Crippen molar-refractivity contribution >= 4 is 11.9 Å². The number of nitrogens with zero attached hydrogens (tertiary/aromatic N) is 1. The van der Waals surface area contributed by atoms with Gasteiger partial charge in [0.1, 0.15) is 11.7 Å². The van der Waals surface area contributed by atoms with Crippen molar-refractivity contribution < 1.29 is 23.5 Å². The van der Waals surface area contributed by atoms with Crippen molar-refractivity contribution in [2.24, 2.45) is 5.92 Å². The molecule has 2 heterocycles. The van der Waals surface area contributed by atoms with Crippen LogP contribution in [0.2, 0.25) is 0 Å². The lowest BCUT2D eigenvalue weighted by Crippen LogP contribution is -2.34. The van der Waals surface area contributed by atoms with E-state index in [4.69, 9.17) is 9.47 Å². The van der Waals surface area contributed by atoms with Gasteiger partial charge in [-0.2, -0.15) is 0 Å². The van der Waals surface area contributed by atoms with Crippen molar-refractivity contribution in [2.75, 3.05) is 13.7 Å². The summed E-state index contributed by atoms with van der Waals surface area (Å²) in [6.07, 6.45) is -0.536. The van der Waals surface area contributed by atoms with Crippen LogP contribution in [0.1, 0.15) is 23.3 Å². The Morgan fingerprint density at radius 1 is 1.12 bits per heavy atom. The van der Waals surface area contributed by atoms with Gasteiger partial charge in [0.15, 0.2) is 6.23 Å². The average Bonchev–Trinajstić information content (AvgIpc) is 3.22. The number of rotatable bonds is 3. The summed E-state index contributed by atoms with van der Waals surface area (Å²) >= 11 is 0. The van der Waals surface area contributed by atoms with Gasteiger partial charge in [-0.1, -0.05) is 42.5 Å². The largest absolute Gasteiger partial charge is 0.468 e. The summed E-state index contributed by atoms with van der Waals surface area (Å²) in [5.41, 5.74) is 1.58. The van der Waals surface area contributed by atoms with E-state index in [-0.39, 0.29) is 17.8 Å². The highest BCUT2D eigenvalue weighted by Gasteiger charge is 2.58. The van der Waals surface area contributed by atoms with Crippen LogP contribution >= 0.6 is 0 Å². The Morgan fingerprint density at radius 3 is 2.46 bits per heavy atom. The van der Waals surface area contributed by atoms with E-state index in [9.17, 15) is 14.0 Å². The predicted octanol–water partition coefficient (Wildman–Crippen LogP) is 2.64. The molecule has 2 aliphatic heterocycles. The SMILES string of the molecule is COC(=O)[C@@H]1C(=O)N2[C@@H](c3ccccc3)OC[C@@H]2[C@H]1c1ccc(F)cc1. The zero-order valence-corrected chi connectivity index (χ0v) is 14.2. The first kappa shape index (κ1) is 16.7. The lowest BCUT2D eigenvalue weighted by Gasteiger charge is -2.23. The van der Waals surface area contributed by atoms with Crippen LogP contribution in [-0.2, 0) is 19.1 Å². The Balaban J connectivity index is 1.75. The van der Waals surface area contributed by atoms with E-state index in [0.717, 1.165) is 11.1 Å². The van der Waals surface area contributed by atoms with Gasteiger partial charge in [0.2, 0.25) is 5.91 Å². The first-order chi connectivity index (χ1) is 12.6. The molecule has 2 aromatic carbocycles. The third-order valence-corrected chi connectivity index (χ3v) is 5.12. The minimum atomic E-state index is -0.953. The molecule has 0 bridgehead atoms. The highest BCUT2D eigenvalue weighted by Crippen LogP contribution is 2.47. The molecule has 0 spiro atoms. The molecule has 0 aromatic heterocycles. The maximum absolute atomic E-state index is 13.3. The molecular formula is C20H18FNO4. The molecule has 134 valence electrons. The van der Waals surface area contributed by atoms with E-state index in [1.54, 1.807) is 17.0 Å². The highest BCUT2D eigenvalue weighted by molar-refractivity contribution is 6.01. The van der Waals surface area contributed by atoms with E-state index in [0.29, 0.717) is 6.61 Å². The second-order valence-electron chi connectivity index (χ2n) is 6.49. The van der Waals surface area contributed by atoms with Gasteiger partial charge in [-0.25, -0.2) is 4.39 Å². The summed E-state index contributed by atoms with van der Waals surface area (Å²) in [5.74, 6) is -2.66. The third kappa shape index (κ3) is 2.57. The van der Waals surface area contributed by atoms with Gasteiger partial charge in [0, 0.05) is 11.5 Å². The monoisotopic (exact) mass is 355 g/mol. The molecular weight excluding hydrogens is 337 g/mol. The highest BCUT2D eigenvalue weighted by atomic mass is 19.1. The molecule has 26 heavy (non-hydrogen) atoms. The normalized spacial score (nSPS) is 27.5. The number of amides is 1. The van der Waals surface area contributed by atoms with Gasteiger partial charge < -0.3 is 14.4 Å². The topological polar surface area (TPSA) is 55.8 Å². The van der Waals surface area contributed by atoms with Gasteiger partial charge in [-0.3, -0.25) is 9.59 Å². The van der Waals surface area contributed by atoms with E-state index in [1.165, 1.54) is 19.2 Å². The minimum Gasteiger partial charge on any atom is -0.468 e. The fraction of sp³-hybridized carbons (Fsp3) is 0.300. The molecule has 2 saturated heterocycles. The Kier molecular flexibility index (Phi) is 4.20. The Bertz CT molecular complexity index is 823. The molecule has 0 saturated carbocycles. The zero-order chi connectivity index (χ0) is 18.3. The minimum absolute atomic E-state index is 0.303. The number of carbonyl (C=O) groups is 2. The van der Waals surface area contributed by atoms with Crippen LogP contribution in [0.15, 0.2) is 54.6 Å². The number of fused-ring (bicyclic) bond motifs is 1. The summed E-state index contributed by atoms with van der Waals surface area (Å²) in [7, 11) is 1.27. The van der Waals surface area contributed by atoms with Crippen molar-refractivity contribution in [2.45, 2.75) is 18.2 Å². The number of hydrogen-bond acceptors (Lipinski definition) is 4. The first-order valence-corrected chi connectivity index (χ1v) is 8.44. The molecule has 2 aliphatic rings. The summed E-state index contributed by atoms with van der Waals surface area (Å²) in [6.45, 7) is 0.306. The lowest BCUT2D eigenvalue weighted by molar-refractivity contribution is -0.153. The maximum Gasteiger partial charge on any atom is 0.318 e. The third-order valence-electron chi connectivity index (χ3n) is 5.12. The second-order valence-corrected chi connectivity index (χ2v) is 6.49. The van der Waals surface area contributed by atoms with Crippen LogP contribution in [0, 0.1) is 11.7 Å². The molecule has 2 aromatic rings. The quantitative estimate of drug-likeness (QED) is 0.627. The van der Waals surface area contributed by atoms with Crippen molar-refractivity contribution in [3.63, 3.8) is 0 Å². The summed E-state index contributed by atoms with van der Waals surface area (Å²) in [5, 5.41) is 0. The van der Waals surface area contributed by atoms with E-state index >= 15 is 0 Å². The standard InChI is InChI=1S/C20H18FNO4/c1-25-20(24)17-16(12-7-9-14(21)10-8-12)15-11-26-19(22(15)18(17)23)13-5-3-2-4-6-13/h2-10,15-17,19H,11H2,1H3/t15-,16-,17+,19-/m1/s1. The van der Waals surface area contributed by atoms with Gasteiger partial charge in [-0.15, -0.1) is 0 Å². The van der Waals surface area contributed by atoms with Gasteiger partial charge >= 0.3 is 5.97 Å². The van der Waals surface area contributed by atoms with E-state index in [1.807, 2.05) is 30.3 Å². The average molecular weight is 355 g/mol. The van der Waals surface area contributed by atoms with Crippen molar-refractivity contribution in [1.82, 2.24) is 4.90 Å². The molecule has 1 amide bonds. The van der Waals surface area contributed by atoms with Crippen LogP contribution in [-0.4, -0.2) is 36.5 Å². The first-order valence-electron chi connectivity index (χ1n) is 8.44. The number of hydrogen-bond donors (Lipinski definition) is 0. The molecule has 0 N–H and O–H groups in total. The van der Waals surface area contributed by atoms with Gasteiger partial charge in [-0.05, 0) is 17.7 Å². The van der Waals surface area contributed by atoms with Crippen LogP contribution in [0.3, 0.4) is 0 Å². The Hall–Kier alpha value is -2.73. The number of halogens is 1. The molecule has 0 unspecified atom stereocenters. The fourth-order valence-electron chi connectivity index (χ4n) is 3.96. The second kappa shape index (κ2) is 6.53. The fourth-order valence-corrected chi connectivity index (χ4v) is 3.96. The summed E-state index contributed by atoms with van der Waals surface area (Å²) in [6, 6.07) is 15.0. The lowest BCUT2D eigenvalue weighted by atomic mass is 9.84. The van der Waals surface area contributed by atoms with Gasteiger partial charge in [0.05, 0.1) is 19.8 Å². The molecule has 0 radical (unpaired) electrons. The molecule has 5 nitrogen and oxygen atoms in total. The van der Waals surface area contributed by atoms with Crippen LogP contribution in [0.5, 0.6) is 0 Å². The number of methoxy groups -OCH3 is 1. The number of benzene rings is 2. The van der Waals surface area contributed by atoms with Crippen LogP contribution in [0.4, 0.5) is 4.39 Å². The Labute approximate surface area is 150 Å². The summed E-state index contributed by atoms with van der Waals surface area (Å²) in [4.78, 5) is 27.1. The smallest absolute Gasteiger partial charge is 0.318 e. The van der Waals surface area contributed by atoms with Crippen molar-refractivity contribution in [3.8, 4) is 0 Å². The number of ether oxygens (including phenoxy) is 2. The zero-order valence-electron chi connectivity index (χ0n) is 14.2. The maximum atomic E-state index is 13.3. The van der Waals surface area contributed by atoms with Gasteiger partial charge in [0.25, 0.3) is 0 Å². The van der Waals surface area contributed by atoms with E-state index < -0.39 is 24.0 Å². The number of carbonyl (C=O) groups excluding carboxylic acids is 2. The predicted molar refractivity (Wildman–Crippen MR) is 90.4 cm³/mol. The van der Waals surface area contributed by atoms with Crippen molar-refractivity contribution in [3.05, 3.63) is 71.5 Å². The Morgan fingerprint density at radius 2 is 1.81 bits per heavy atom. The van der Waals surface area contributed by atoms with Crippen LogP contribution in [0.25, 0.3) is 0 Å². The summed E-state index contributed by atoms with van der Waals surface area (Å²) < 4.78 is 24.1. The van der Waals surface area contributed by atoms with Crippen LogP contribution < -0.4 is 0 Å². The molecule has 0 aliphatic carbocycles. The molecule has 4 atom stereocenters. The van der Waals surface area contributed by atoms with Crippen molar-refractivity contribution in [1.29, 1.82) is 0 Å². The van der Waals surface area contributed by atoms with E-state index in [2.05, 4.69) is 0 Å². The molecule has 2 fully saturated rings. The number of esters is 1. The molecule has 4 rings (SSSR count).